The van der Waals surface area contributed by atoms with E-state index in [4.69, 9.17) is 4.74 Å². The van der Waals surface area contributed by atoms with E-state index in [0.29, 0.717) is 5.56 Å². The summed E-state index contributed by atoms with van der Waals surface area (Å²) in [7, 11) is 0. The van der Waals surface area contributed by atoms with Gasteiger partial charge in [0.25, 0.3) is 5.91 Å². The molecule has 0 aliphatic rings. The molecule has 3 amide bonds. The molecule has 0 saturated carbocycles. The van der Waals surface area contributed by atoms with Crippen LogP contribution in [0.1, 0.15) is 23.2 Å². The molecular weight excluding hydrogens is 399 g/mol. The summed E-state index contributed by atoms with van der Waals surface area (Å²) < 4.78 is 18.2. The molecule has 0 bridgehead atoms. The summed E-state index contributed by atoms with van der Waals surface area (Å²) in [5.41, 5.74) is 0.386. The van der Waals surface area contributed by atoms with Crippen LogP contribution in [-0.4, -0.2) is 36.6 Å². The third kappa shape index (κ3) is 7.38. The van der Waals surface area contributed by atoms with E-state index in [2.05, 4.69) is 5.32 Å². The lowest BCUT2D eigenvalue weighted by molar-refractivity contribution is -0.148. The number of nitrogens with one attached hydrogen (secondary N) is 2. The molecule has 0 atom stereocenters. The molecule has 0 aliphatic carbocycles. The van der Waals surface area contributed by atoms with Gasteiger partial charge in [-0.3, -0.25) is 19.7 Å². The number of ether oxygens (including phenoxy) is 1. The largest absolute Gasteiger partial charge is 0.456 e. The Morgan fingerprint density at radius 1 is 1.00 bits per heavy atom. The second kappa shape index (κ2) is 11.0. The van der Waals surface area contributed by atoms with E-state index < -0.39 is 30.3 Å². The van der Waals surface area contributed by atoms with E-state index >= 15 is 0 Å². The van der Waals surface area contributed by atoms with E-state index in [1.54, 1.807) is 23.9 Å². The maximum Gasteiger partial charge on any atom is 0.326 e. The number of carbonyl (C=O) groups is 4. The van der Waals surface area contributed by atoms with Crippen LogP contribution >= 0.6 is 11.8 Å². The van der Waals surface area contributed by atoms with Gasteiger partial charge in [0.1, 0.15) is 5.82 Å². The Bertz CT molecular complexity index is 902. The minimum Gasteiger partial charge on any atom is -0.456 e. The number of rotatable bonds is 8. The van der Waals surface area contributed by atoms with Crippen LogP contribution in [0.25, 0.3) is 0 Å². The Labute approximate surface area is 171 Å². The summed E-state index contributed by atoms with van der Waals surface area (Å²) in [5.74, 6) is -2.51. The molecule has 2 aromatic carbocycles. The molecule has 9 heteroatoms. The van der Waals surface area contributed by atoms with E-state index in [1.807, 2.05) is 23.7 Å². The Kier molecular flexibility index (Phi) is 8.35. The number of thioether (sulfide) groups is 1. The van der Waals surface area contributed by atoms with E-state index in [-0.39, 0.29) is 24.3 Å². The van der Waals surface area contributed by atoms with Crippen molar-refractivity contribution in [1.82, 2.24) is 5.32 Å². The third-order valence-electron chi connectivity index (χ3n) is 3.71. The summed E-state index contributed by atoms with van der Waals surface area (Å²) >= 11 is 1.55. The zero-order valence-corrected chi connectivity index (χ0v) is 16.4. The first-order valence-electron chi connectivity index (χ1n) is 8.57. The van der Waals surface area contributed by atoms with Crippen LogP contribution in [0.15, 0.2) is 53.4 Å². The van der Waals surface area contributed by atoms with Gasteiger partial charge >= 0.3 is 12.0 Å². The van der Waals surface area contributed by atoms with E-state index in [1.165, 1.54) is 18.2 Å². The molecule has 0 fully saturated rings. The van der Waals surface area contributed by atoms with Gasteiger partial charge in [0.2, 0.25) is 0 Å². The Morgan fingerprint density at radius 3 is 2.34 bits per heavy atom. The number of imide groups is 1. The van der Waals surface area contributed by atoms with Crippen LogP contribution in [0.2, 0.25) is 0 Å². The number of Topliss-reactive ketones (excluding diaryl/α,β-unsaturated/α-hetero) is 1. The fourth-order valence-electron chi connectivity index (χ4n) is 2.23. The maximum absolute atomic E-state index is 13.4. The van der Waals surface area contributed by atoms with Gasteiger partial charge in [0, 0.05) is 16.9 Å². The Balaban J connectivity index is 1.69. The van der Waals surface area contributed by atoms with Gasteiger partial charge in [-0.25, -0.2) is 9.18 Å². The van der Waals surface area contributed by atoms with Gasteiger partial charge in [0.15, 0.2) is 12.4 Å². The summed E-state index contributed by atoms with van der Waals surface area (Å²) in [6.07, 6.45) is 1.66. The highest BCUT2D eigenvalue weighted by Crippen LogP contribution is 2.16. The molecule has 0 spiro atoms. The van der Waals surface area contributed by atoms with Gasteiger partial charge in [-0.05, 0) is 30.5 Å². The number of halogens is 1. The molecule has 2 aromatic rings. The molecule has 29 heavy (non-hydrogen) atoms. The van der Waals surface area contributed by atoms with Crippen LogP contribution in [-0.2, 0) is 14.3 Å². The number of amides is 3. The third-order valence-corrected chi connectivity index (χ3v) is 4.45. The zero-order chi connectivity index (χ0) is 21.2. The summed E-state index contributed by atoms with van der Waals surface area (Å²) in [6, 6.07) is 11.5. The lowest BCUT2D eigenvalue weighted by atomic mass is 10.1. The van der Waals surface area contributed by atoms with Crippen LogP contribution in [0.3, 0.4) is 0 Å². The Morgan fingerprint density at radius 2 is 1.69 bits per heavy atom. The number of esters is 1. The first kappa shape index (κ1) is 22.1. The molecular formula is C20H19FN2O5S. The maximum atomic E-state index is 13.4. The second-order valence-corrected chi connectivity index (χ2v) is 6.67. The average molecular weight is 418 g/mol. The fourth-order valence-corrected chi connectivity index (χ4v) is 2.64. The van der Waals surface area contributed by atoms with E-state index in [0.717, 1.165) is 11.0 Å². The number of urea groups is 1. The monoisotopic (exact) mass is 418 g/mol. The molecule has 7 nitrogen and oxygen atoms in total. The van der Waals surface area contributed by atoms with Gasteiger partial charge in [-0.2, -0.15) is 0 Å². The predicted molar refractivity (Wildman–Crippen MR) is 106 cm³/mol. The lowest BCUT2D eigenvalue weighted by Crippen LogP contribution is -2.37. The van der Waals surface area contributed by atoms with Crippen molar-refractivity contribution in [1.29, 1.82) is 0 Å². The van der Waals surface area contributed by atoms with Crippen molar-refractivity contribution >= 4 is 41.1 Å². The van der Waals surface area contributed by atoms with Crippen molar-refractivity contribution < 1.29 is 28.3 Å². The Hall–Kier alpha value is -3.20. The smallest absolute Gasteiger partial charge is 0.326 e. The van der Waals surface area contributed by atoms with Crippen molar-refractivity contribution in [2.45, 2.75) is 17.7 Å². The average Bonchev–Trinajstić information content (AvgIpc) is 2.72. The minimum absolute atomic E-state index is 0.0627. The first-order chi connectivity index (χ1) is 13.9. The molecule has 0 saturated heterocycles. The molecule has 2 rings (SSSR count). The highest BCUT2D eigenvalue weighted by molar-refractivity contribution is 7.98. The predicted octanol–water partition coefficient (Wildman–Crippen LogP) is 3.40. The fraction of sp³-hybridized carbons (Fsp3) is 0.200. The van der Waals surface area contributed by atoms with Crippen molar-refractivity contribution in [2.24, 2.45) is 0 Å². The van der Waals surface area contributed by atoms with Crippen LogP contribution in [0.5, 0.6) is 0 Å². The molecule has 0 radical (unpaired) electrons. The number of hydrogen-bond donors (Lipinski definition) is 2. The molecule has 2 N–H and O–H groups in total. The normalized spacial score (nSPS) is 10.1. The number of hydrogen-bond acceptors (Lipinski definition) is 6. The summed E-state index contributed by atoms with van der Waals surface area (Å²) in [6.45, 7) is -0.694. The number of para-hydroxylation sites is 1. The van der Waals surface area contributed by atoms with Crippen LogP contribution in [0, 0.1) is 5.82 Å². The minimum atomic E-state index is -0.958. The first-order valence-corrected chi connectivity index (χ1v) is 9.79. The highest BCUT2D eigenvalue weighted by atomic mass is 32.2. The van der Waals surface area contributed by atoms with Gasteiger partial charge in [-0.1, -0.05) is 24.3 Å². The molecule has 0 aliphatic heterocycles. The number of benzene rings is 2. The van der Waals surface area contributed by atoms with Gasteiger partial charge in [-0.15, -0.1) is 11.8 Å². The number of anilines is 1. The van der Waals surface area contributed by atoms with Crippen LogP contribution in [0.4, 0.5) is 14.9 Å². The van der Waals surface area contributed by atoms with Crippen molar-refractivity contribution in [2.75, 3.05) is 18.2 Å². The summed E-state index contributed by atoms with van der Waals surface area (Å²) in [5, 5.41) is 4.07. The van der Waals surface area contributed by atoms with Crippen molar-refractivity contribution in [3.05, 3.63) is 59.9 Å². The van der Waals surface area contributed by atoms with Gasteiger partial charge in [0.05, 0.1) is 12.1 Å². The SMILES string of the molecule is CSc1ccc(C(=O)CCC(=O)OCC(=O)NC(=O)Nc2ccccc2F)cc1. The number of ketones is 1. The standard InChI is InChI=1S/C20H19FN2O5S/c1-29-14-8-6-13(7-9-14)17(24)10-11-19(26)28-12-18(25)23-20(27)22-16-5-3-2-4-15(16)21/h2-9H,10-12H2,1H3,(H2,22,23,25,27). The lowest BCUT2D eigenvalue weighted by Gasteiger charge is -2.08. The van der Waals surface area contributed by atoms with Crippen LogP contribution < -0.4 is 10.6 Å². The summed E-state index contributed by atoms with van der Waals surface area (Å²) in [4.78, 5) is 48.1. The topological polar surface area (TPSA) is 102 Å². The zero-order valence-electron chi connectivity index (χ0n) is 15.6. The van der Waals surface area contributed by atoms with Crippen molar-refractivity contribution in [3.63, 3.8) is 0 Å². The molecule has 0 unspecified atom stereocenters. The second-order valence-electron chi connectivity index (χ2n) is 5.79. The molecule has 152 valence electrons. The van der Waals surface area contributed by atoms with Crippen molar-refractivity contribution in [3.8, 4) is 0 Å². The molecule has 0 aromatic heterocycles. The highest BCUT2D eigenvalue weighted by Gasteiger charge is 2.14. The molecule has 0 heterocycles. The van der Waals surface area contributed by atoms with E-state index in [9.17, 15) is 23.6 Å². The number of carbonyl (C=O) groups excluding carboxylic acids is 4. The quantitative estimate of drug-likeness (QED) is 0.387. The van der Waals surface area contributed by atoms with Gasteiger partial charge < -0.3 is 10.1 Å².